The van der Waals surface area contributed by atoms with Crippen LogP contribution in [0.4, 0.5) is 0 Å². The van der Waals surface area contributed by atoms with Crippen LogP contribution in [-0.2, 0) is 0 Å². The van der Waals surface area contributed by atoms with Gasteiger partial charge in [-0.1, -0.05) is 13.3 Å². The SMILES string of the molecule is CCC1CCC(O)(CNC(=O)c2oc(C)nc2C)CC1. The van der Waals surface area contributed by atoms with E-state index in [9.17, 15) is 9.90 Å². The van der Waals surface area contributed by atoms with Crippen molar-refractivity contribution in [2.45, 2.75) is 58.5 Å². The van der Waals surface area contributed by atoms with Crippen LogP contribution in [-0.4, -0.2) is 28.1 Å². The molecule has 1 saturated carbocycles. The van der Waals surface area contributed by atoms with Crippen molar-refractivity contribution < 1.29 is 14.3 Å². The Labute approximate surface area is 119 Å². The van der Waals surface area contributed by atoms with Crippen molar-refractivity contribution in [2.75, 3.05) is 6.54 Å². The number of carbonyl (C=O) groups is 1. The Bertz CT molecular complexity index is 473. The Kier molecular flexibility index (Phi) is 4.48. The third-order valence-electron chi connectivity index (χ3n) is 4.30. The maximum absolute atomic E-state index is 12.0. The maximum atomic E-state index is 12.0. The lowest BCUT2D eigenvalue weighted by Gasteiger charge is -2.35. The highest BCUT2D eigenvalue weighted by Gasteiger charge is 2.33. The van der Waals surface area contributed by atoms with Gasteiger partial charge in [0, 0.05) is 13.5 Å². The lowest BCUT2D eigenvalue weighted by atomic mass is 9.78. The summed E-state index contributed by atoms with van der Waals surface area (Å²) in [6.07, 6.45) is 4.73. The molecule has 1 heterocycles. The number of aromatic nitrogens is 1. The first-order valence-electron chi connectivity index (χ1n) is 7.38. The molecule has 20 heavy (non-hydrogen) atoms. The van der Waals surface area contributed by atoms with Gasteiger partial charge in [0.05, 0.1) is 11.3 Å². The maximum Gasteiger partial charge on any atom is 0.289 e. The Balaban J connectivity index is 1.89. The molecule has 0 saturated heterocycles. The van der Waals surface area contributed by atoms with Gasteiger partial charge in [-0.25, -0.2) is 4.98 Å². The summed E-state index contributed by atoms with van der Waals surface area (Å²) in [7, 11) is 0. The molecule has 0 spiro atoms. The molecule has 0 aliphatic heterocycles. The number of aliphatic hydroxyl groups is 1. The molecule has 0 bridgehead atoms. The second-order valence-corrected chi connectivity index (χ2v) is 5.91. The van der Waals surface area contributed by atoms with Gasteiger partial charge in [-0.2, -0.15) is 0 Å². The molecule has 0 aromatic carbocycles. The minimum atomic E-state index is -0.774. The molecule has 1 amide bonds. The molecule has 0 radical (unpaired) electrons. The summed E-state index contributed by atoms with van der Waals surface area (Å²) < 4.78 is 5.28. The van der Waals surface area contributed by atoms with E-state index in [1.54, 1.807) is 13.8 Å². The second-order valence-electron chi connectivity index (χ2n) is 5.91. The highest BCUT2D eigenvalue weighted by Crippen LogP contribution is 2.33. The summed E-state index contributed by atoms with van der Waals surface area (Å²) in [6, 6.07) is 0. The molecule has 1 fully saturated rings. The monoisotopic (exact) mass is 280 g/mol. The number of hydrogen-bond donors (Lipinski definition) is 2. The summed E-state index contributed by atoms with van der Waals surface area (Å²) in [5.74, 6) is 1.14. The van der Waals surface area contributed by atoms with E-state index in [1.807, 2.05) is 0 Å². The number of nitrogens with zero attached hydrogens (tertiary/aromatic N) is 1. The Morgan fingerprint density at radius 2 is 2.10 bits per heavy atom. The van der Waals surface area contributed by atoms with Gasteiger partial charge in [0.15, 0.2) is 5.89 Å². The highest BCUT2D eigenvalue weighted by atomic mass is 16.4. The fourth-order valence-electron chi connectivity index (χ4n) is 2.87. The van der Waals surface area contributed by atoms with Crippen molar-refractivity contribution in [3.8, 4) is 0 Å². The van der Waals surface area contributed by atoms with Crippen molar-refractivity contribution >= 4 is 5.91 Å². The van der Waals surface area contributed by atoms with Crippen LogP contribution < -0.4 is 5.32 Å². The van der Waals surface area contributed by atoms with Gasteiger partial charge in [-0.05, 0) is 38.5 Å². The van der Waals surface area contributed by atoms with E-state index >= 15 is 0 Å². The molecule has 0 atom stereocenters. The zero-order valence-electron chi connectivity index (χ0n) is 12.5. The topological polar surface area (TPSA) is 75.4 Å². The zero-order chi connectivity index (χ0) is 14.8. The molecule has 5 nitrogen and oxygen atoms in total. The van der Waals surface area contributed by atoms with Crippen LogP contribution in [0.15, 0.2) is 4.42 Å². The van der Waals surface area contributed by atoms with Gasteiger partial charge >= 0.3 is 0 Å². The van der Waals surface area contributed by atoms with Gasteiger partial charge in [0.25, 0.3) is 5.91 Å². The fourth-order valence-corrected chi connectivity index (χ4v) is 2.87. The van der Waals surface area contributed by atoms with Gasteiger partial charge in [0.2, 0.25) is 5.76 Å². The highest BCUT2D eigenvalue weighted by molar-refractivity contribution is 5.92. The average Bonchev–Trinajstić information content (AvgIpc) is 2.76. The Morgan fingerprint density at radius 3 is 2.60 bits per heavy atom. The molecule has 1 aliphatic carbocycles. The molecule has 2 N–H and O–H groups in total. The fraction of sp³-hybridized carbons (Fsp3) is 0.733. The number of hydrogen-bond acceptors (Lipinski definition) is 4. The van der Waals surface area contributed by atoms with E-state index in [2.05, 4.69) is 17.2 Å². The predicted molar refractivity (Wildman–Crippen MR) is 75.5 cm³/mol. The largest absolute Gasteiger partial charge is 0.436 e. The predicted octanol–water partition coefficient (Wildman–Crippen LogP) is 2.35. The second kappa shape index (κ2) is 5.95. The quantitative estimate of drug-likeness (QED) is 0.887. The molecular formula is C15H24N2O3. The van der Waals surface area contributed by atoms with Crippen LogP contribution in [0.5, 0.6) is 0 Å². The van der Waals surface area contributed by atoms with E-state index in [4.69, 9.17) is 4.42 Å². The van der Waals surface area contributed by atoms with E-state index in [0.29, 0.717) is 17.5 Å². The van der Waals surface area contributed by atoms with Crippen molar-refractivity contribution in [3.63, 3.8) is 0 Å². The first-order chi connectivity index (χ1) is 9.43. The van der Waals surface area contributed by atoms with Crippen LogP contribution in [0.2, 0.25) is 0 Å². The molecule has 1 aliphatic rings. The summed E-state index contributed by atoms with van der Waals surface area (Å²) >= 11 is 0. The van der Waals surface area contributed by atoms with Gasteiger partial charge in [0.1, 0.15) is 0 Å². The van der Waals surface area contributed by atoms with Gasteiger partial charge in [-0.15, -0.1) is 0 Å². The standard InChI is InChI=1S/C15H24N2O3/c1-4-12-5-7-15(19,8-6-12)9-16-14(18)13-10(2)17-11(3)20-13/h12,19H,4-9H2,1-3H3,(H,16,18). The van der Waals surface area contributed by atoms with Crippen molar-refractivity contribution in [1.82, 2.24) is 10.3 Å². The number of carbonyl (C=O) groups excluding carboxylic acids is 1. The summed E-state index contributed by atoms with van der Waals surface area (Å²) in [6.45, 7) is 5.92. The number of nitrogens with one attached hydrogen (secondary N) is 1. The third-order valence-corrected chi connectivity index (χ3v) is 4.30. The Hall–Kier alpha value is -1.36. The summed E-state index contributed by atoms with van der Waals surface area (Å²) in [4.78, 5) is 16.1. The molecule has 1 aromatic heterocycles. The van der Waals surface area contributed by atoms with E-state index in [1.165, 1.54) is 6.42 Å². The van der Waals surface area contributed by atoms with Crippen molar-refractivity contribution in [2.24, 2.45) is 5.92 Å². The molecule has 2 rings (SSSR count). The molecule has 0 unspecified atom stereocenters. The van der Waals surface area contributed by atoms with E-state index < -0.39 is 5.60 Å². The first-order valence-corrected chi connectivity index (χ1v) is 7.38. The van der Waals surface area contributed by atoms with E-state index in [0.717, 1.165) is 25.7 Å². The minimum Gasteiger partial charge on any atom is -0.436 e. The molecule has 5 heteroatoms. The van der Waals surface area contributed by atoms with Crippen molar-refractivity contribution in [3.05, 3.63) is 17.3 Å². The molecule has 112 valence electrons. The van der Waals surface area contributed by atoms with Gasteiger partial charge < -0.3 is 14.8 Å². The van der Waals surface area contributed by atoms with Gasteiger partial charge in [-0.3, -0.25) is 4.79 Å². The third kappa shape index (κ3) is 3.39. The molecule has 1 aromatic rings. The zero-order valence-corrected chi connectivity index (χ0v) is 12.5. The number of oxazole rings is 1. The smallest absolute Gasteiger partial charge is 0.289 e. The minimum absolute atomic E-state index is 0.244. The van der Waals surface area contributed by atoms with Crippen molar-refractivity contribution in [1.29, 1.82) is 0 Å². The summed E-state index contributed by atoms with van der Waals surface area (Å²) in [5, 5.41) is 13.3. The number of rotatable bonds is 4. The van der Waals surface area contributed by atoms with Crippen LogP contribution >= 0.6 is 0 Å². The van der Waals surface area contributed by atoms with Crippen LogP contribution in [0.3, 0.4) is 0 Å². The van der Waals surface area contributed by atoms with Crippen LogP contribution in [0.1, 0.15) is 61.2 Å². The molecular weight excluding hydrogens is 256 g/mol. The van der Waals surface area contributed by atoms with E-state index in [-0.39, 0.29) is 18.2 Å². The first kappa shape index (κ1) is 15.0. The van der Waals surface area contributed by atoms with Crippen LogP contribution in [0.25, 0.3) is 0 Å². The Morgan fingerprint density at radius 1 is 1.45 bits per heavy atom. The average molecular weight is 280 g/mol. The normalized spacial score (nSPS) is 26.5. The lowest BCUT2D eigenvalue weighted by Crippen LogP contribution is -2.45. The lowest BCUT2D eigenvalue weighted by molar-refractivity contribution is -0.00805. The number of aryl methyl sites for hydroxylation is 2. The van der Waals surface area contributed by atoms with Crippen LogP contribution in [0, 0.1) is 19.8 Å². The summed E-state index contributed by atoms with van der Waals surface area (Å²) in [5.41, 5.74) is -0.189. The number of amides is 1.